The second-order valence-corrected chi connectivity index (χ2v) is 5.49. The van der Waals surface area contributed by atoms with E-state index < -0.39 is 0 Å². The van der Waals surface area contributed by atoms with Gasteiger partial charge in [-0.3, -0.25) is 4.68 Å². The van der Waals surface area contributed by atoms with Gasteiger partial charge >= 0.3 is 0 Å². The third-order valence-electron chi connectivity index (χ3n) is 3.90. The van der Waals surface area contributed by atoms with Crippen molar-refractivity contribution >= 4 is 11.6 Å². The molecule has 2 rings (SSSR count). The van der Waals surface area contributed by atoms with Gasteiger partial charge in [0.2, 0.25) is 0 Å². The van der Waals surface area contributed by atoms with Crippen molar-refractivity contribution in [3.63, 3.8) is 0 Å². The lowest BCUT2D eigenvalue weighted by atomic mass is 9.95. The minimum absolute atomic E-state index is 0.173. The number of halogens is 1. The highest BCUT2D eigenvalue weighted by atomic mass is 35.5. The second kappa shape index (κ2) is 5.40. The number of aliphatic hydroxyl groups is 1. The summed E-state index contributed by atoms with van der Waals surface area (Å²) < 4.78 is 1.70. The van der Waals surface area contributed by atoms with Crippen LogP contribution in [0.1, 0.15) is 43.4 Å². The Kier molecular flexibility index (Phi) is 4.10. The number of aliphatic hydroxyl groups excluding tert-OH is 1. The Morgan fingerprint density at radius 2 is 2.12 bits per heavy atom. The summed E-state index contributed by atoms with van der Waals surface area (Å²) >= 11 is 6.18. The summed E-state index contributed by atoms with van der Waals surface area (Å²) in [6.45, 7) is 1.98. The fourth-order valence-electron chi connectivity index (χ4n) is 2.83. The average molecular weight is 257 g/mol. The topological polar surface area (TPSA) is 38.0 Å². The molecule has 0 saturated heterocycles. The fraction of sp³-hybridized carbons (Fsp3) is 0.769. The third-order valence-corrected chi connectivity index (χ3v) is 4.38. The Hall–Kier alpha value is -0.540. The van der Waals surface area contributed by atoms with E-state index in [-0.39, 0.29) is 6.10 Å². The SMILES string of the molecule is Cc1nn(C)c(Cl)c1CCC(O)C1CCCC1. The predicted molar refractivity (Wildman–Crippen MR) is 69.2 cm³/mol. The lowest BCUT2D eigenvalue weighted by Crippen LogP contribution is -2.18. The van der Waals surface area contributed by atoms with Crippen molar-refractivity contribution in [3.8, 4) is 0 Å². The molecular weight excluding hydrogens is 236 g/mol. The first-order valence-electron chi connectivity index (χ1n) is 6.45. The van der Waals surface area contributed by atoms with E-state index >= 15 is 0 Å². The second-order valence-electron chi connectivity index (χ2n) is 5.13. The molecule has 0 radical (unpaired) electrons. The summed E-state index contributed by atoms with van der Waals surface area (Å²) in [7, 11) is 1.85. The maximum atomic E-state index is 10.1. The van der Waals surface area contributed by atoms with Gasteiger partial charge in [-0.1, -0.05) is 24.4 Å². The molecule has 1 N–H and O–H groups in total. The van der Waals surface area contributed by atoms with Crippen LogP contribution >= 0.6 is 11.6 Å². The van der Waals surface area contributed by atoms with Crippen LogP contribution in [-0.2, 0) is 13.5 Å². The molecule has 0 aliphatic heterocycles. The van der Waals surface area contributed by atoms with Crippen LogP contribution in [0.5, 0.6) is 0 Å². The van der Waals surface area contributed by atoms with Gasteiger partial charge in [0.05, 0.1) is 11.8 Å². The van der Waals surface area contributed by atoms with Crippen LogP contribution in [0.3, 0.4) is 0 Å². The zero-order chi connectivity index (χ0) is 12.4. The molecule has 0 aromatic carbocycles. The maximum absolute atomic E-state index is 10.1. The molecule has 0 amide bonds. The summed E-state index contributed by atoms with van der Waals surface area (Å²) in [4.78, 5) is 0. The Morgan fingerprint density at radius 3 is 2.65 bits per heavy atom. The van der Waals surface area contributed by atoms with Gasteiger partial charge in [0.1, 0.15) is 5.15 Å². The number of aryl methyl sites for hydroxylation is 2. The van der Waals surface area contributed by atoms with Crippen LogP contribution < -0.4 is 0 Å². The van der Waals surface area contributed by atoms with Crippen LogP contribution in [0.15, 0.2) is 0 Å². The van der Waals surface area contributed by atoms with Crippen LogP contribution in [-0.4, -0.2) is 21.0 Å². The Balaban J connectivity index is 1.92. The predicted octanol–water partition coefficient (Wildman–Crippen LogP) is 2.87. The number of aromatic nitrogens is 2. The summed E-state index contributed by atoms with van der Waals surface area (Å²) in [5.74, 6) is 0.505. The zero-order valence-corrected chi connectivity index (χ0v) is 11.4. The van der Waals surface area contributed by atoms with Gasteiger partial charge in [0.25, 0.3) is 0 Å². The highest BCUT2D eigenvalue weighted by Crippen LogP contribution is 2.30. The minimum atomic E-state index is -0.173. The summed E-state index contributed by atoms with van der Waals surface area (Å²) in [5.41, 5.74) is 2.07. The van der Waals surface area contributed by atoms with Crippen molar-refractivity contribution in [1.29, 1.82) is 0 Å². The van der Waals surface area contributed by atoms with E-state index in [1.807, 2.05) is 14.0 Å². The van der Waals surface area contributed by atoms with E-state index in [2.05, 4.69) is 5.10 Å². The molecule has 4 heteroatoms. The van der Waals surface area contributed by atoms with Crippen molar-refractivity contribution in [2.24, 2.45) is 13.0 Å². The van der Waals surface area contributed by atoms with Gasteiger partial charge in [-0.25, -0.2) is 0 Å². The van der Waals surface area contributed by atoms with Crippen molar-refractivity contribution in [2.45, 2.75) is 51.6 Å². The molecule has 1 aliphatic rings. The molecule has 1 unspecified atom stereocenters. The molecular formula is C13H21ClN2O. The number of nitrogens with zero attached hydrogens (tertiary/aromatic N) is 2. The Morgan fingerprint density at radius 1 is 1.47 bits per heavy atom. The summed E-state index contributed by atoms with van der Waals surface area (Å²) in [5, 5.41) is 15.1. The highest BCUT2D eigenvalue weighted by Gasteiger charge is 2.23. The molecule has 1 atom stereocenters. The quantitative estimate of drug-likeness (QED) is 0.900. The Labute approximate surface area is 108 Å². The number of hydrogen-bond acceptors (Lipinski definition) is 2. The van der Waals surface area contributed by atoms with Crippen LogP contribution in [0.2, 0.25) is 5.15 Å². The average Bonchev–Trinajstić information content (AvgIpc) is 2.88. The molecule has 17 heavy (non-hydrogen) atoms. The molecule has 1 saturated carbocycles. The molecule has 1 aromatic heterocycles. The third kappa shape index (κ3) is 2.83. The largest absolute Gasteiger partial charge is 0.393 e. The van der Waals surface area contributed by atoms with E-state index in [1.54, 1.807) is 4.68 Å². The highest BCUT2D eigenvalue weighted by molar-refractivity contribution is 6.30. The molecule has 0 spiro atoms. The molecule has 1 aromatic rings. The zero-order valence-electron chi connectivity index (χ0n) is 10.6. The summed E-state index contributed by atoms with van der Waals surface area (Å²) in [6.07, 6.45) is 6.37. The smallest absolute Gasteiger partial charge is 0.130 e. The van der Waals surface area contributed by atoms with Gasteiger partial charge in [0, 0.05) is 12.6 Å². The first kappa shape index (κ1) is 12.9. The maximum Gasteiger partial charge on any atom is 0.130 e. The van der Waals surface area contributed by atoms with Crippen molar-refractivity contribution in [3.05, 3.63) is 16.4 Å². The van der Waals surface area contributed by atoms with Crippen molar-refractivity contribution in [1.82, 2.24) is 9.78 Å². The lowest BCUT2D eigenvalue weighted by Gasteiger charge is -2.17. The lowest BCUT2D eigenvalue weighted by molar-refractivity contribution is 0.102. The minimum Gasteiger partial charge on any atom is -0.393 e. The first-order chi connectivity index (χ1) is 8.09. The Bertz CT molecular complexity index is 383. The van der Waals surface area contributed by atoms with Crippen LogP contribution in [0.25, 0.3) is 0 Å². The van der Waals surface area contributed by atoms with Crippen molar-refractivity contribution in [2.75, 3.05) is 0 Å². The number of hydrogen-bond donors (Lipinski definition) is 1. The van der Waals surface area contributed by atoms with Crippen molar-refractivity contribution < 1.29 is 5.11 Å². The van der Waals surface area contributed by atoms with Gasteiger partial charge < -0.3 is 5.11 Å². The van der Waals surface area contributed by atoms with E-state index in [4.69, 9.17) is 11.6 Å². The standard InChI is InChI=1S/C13H21ClN2O/c1-9-11(13(14)16(2)15-9)7-8-12(17)10-5-3-4-6-10/h10,12,17H,3-8H2,1-2H3. The van der Waals surface area contributed by atoms with Gasteiger partial charge in [-0.05, 0) is 38.5 Å². The monoisotopic (exact) mass is 256 g/mol. The molecule has 1 heterocycles. The summed E-state index contributed by atoms with van der Waals surface area (Å²) in [6, 6.07) is 0. The van der Waals surface area contributed by atoms with E-state index in [0.29, 0.717) is 11.1 Å². The van der Waals surface area contributed by atoms with E-state index in [0.717, 1.165) is 24.1 Å². The molecule has 3 nitrogen and oxygen atoms in total. The fourth-order valence-corrected chi connectivity index (χ4v) is 3.10. The van der Waals surface area contributed by atoms with Crippen LogP contribution in [0, 0.1) is 12.8 Å². The van der Waals surface area contributed by atoms with E-state index in [9.17, 15) is 5.11 Å². The molecule has 1 fully saturated rings. The molecule has 1 aliphatic carbocycles. The van der Waals surface area contributed by atoms with Crippen LogP contribution in [0.4, 0.5) is 0 Å². The van der Waals surface area contributed by atoms with Gasteiger partial charge in [-0.15, -0.1) is 0 Å². The number of rotatable bonds is 4. The normalized spacial score (nSPS) is 18.8. The van der Waals surface area contributed by atoms with Gasteiger partial charge in [-0.2, -0.15) is 5.10 Å². The molecule has 96 valence electrons. The first-order valence-corrected chi connectivity index (χ1v) is 6.83. The van der Waals surface area contributed by atoms with E-state index in [1.165, 1.54) is 25.7 Å². The molecule has 0 bridgehead atoms. The van der Waals surface area contributed by atoms with Gasteiger partial charge in [0.15, 0.2) is 0 Å².